The van der Waals surface area contributed by atoms with Crippen molar-refractivity contribution in [1.29, 1.82) is 0 Å². The maximum Gasteiger partial charge on any atom is 0.0376 e. The highest BCUT2D eigenvalue weighted by Crippen LogP contribution is 2.36. The van der Waals surface area contributed by atoms with E-state index in [1.165, 1.54) is 58.2 Å². The smallest absolute Gasteiger partial charge is 0.0376 e. The minimum absolute atomic E-state index is 0.658. The Kier molecular flexibility index (Phi) is 6.31. The van der Waals surface area contributed by atoms with Gasteiger partial charge in [0.25, 0.3) is 0 Å². The Bertz CT molecular complexity index is 281. The van der Waals surface area contributed by atoms with E-state index in [9.17, 15) is 0 Å². The van der Waals surface area contributed by atoms with Crippen LogP contribution in [0.1, 0.15) is 45.4 Å². The minimum Gasteiger partial charge on any atom is -0.315 e. The predicted molar refractivity (Wildman–Crippen MR) is 87.1 cm³/mol. The number of nitrogens with zero attached hydrogens (tertiary/aromatic N) is 2. The summed E-state index contributed by atoms with van der Waals surface area (Å²) in [5, 5.41) is 3.72. The summed E-state index contributed by atoms with van der Waals surface area (Å²) < 4.78 is 0. The van der Waals surface area contributed by atoms with Gasteiger partial charge in [-0.1, -0.05) is 32.6 Å². The maximum atomic E-state index is 3.72. The second-order valence-electron chi connectivity index (χ2n) is 7.09. The molecule has 1 aliphatic carbocycles. The lowest BCUT2D eigenvalue weighted by Crippen LogP contribution is -2.56. The lowest BCUT2D eigenvalue weighted by atomic mass is 9.72. The molecule has 1 saturated carbocycles. The molecule has 20 heavy (non-hydrogen) atoms. The summed E-state index contributed by atoms with van der Waals surface area (Å²) in [7, 11) is 6.81. The fraction of sp³-hybridized carbons (Fsp3) is 1.00. The summed E-state index contributed by atoms with van der Waals surface area (Å²) in [5.41, 5.74) is 0. The highest BCUT2D eigenvalue weighted by Gasteiger charge is 2.37. The molecule has 0 amide bonds. The van der Waals surface area contributed by atoms with Crippen LogP contribution in [0.4, 0.5) is 0 Å². The summed E-state index contributed by atoms with van der Waals surface area (Å²) in [4.78, 5) is 5.15. The Morgan fingerprint density at radius 2 is 1.85 bits per heavy atom. The normalized spacial score (nSPS) is 35.7. The zero-order valence-electron chi connectivity index (χ0n) is 14.1. The molecule has 0 radical (unpaired) electrons. The van der Waals surface area contributed by atoms with Crippen LogP contribution in [0, 0.1) is 11.8 Å². The third-order valence-electron chi connectivity index (χ3n) is 5.82. The lowest BCUT2D eigenvalue weighted by molar-refractivity contribution is 0.0962. The van der Waals surface area contributed by atoms with Gasteiger partial charge in [-0.05, 0) is 58.9 Å². The Morgan fingerprint density at radius 1 is 1.10 bits per heavy atom. The number of rotatable bonds is 4. The Morgan fingerprint density at radius 3 is 2.55 bits per heavy atom. The van der Waals surface area contributed by atoms with Crippen LogP contribution in [0.2, 0.25) is 0 Å². The highest BCUT2D eigenvalue weighted by molar-refractivity contribution is 4.94. The molecule has 3 heteroatoms. The van der Waals surface area contributed by atoms with Crippen molar-refractivity contribution in [1.82, 2.24) is 15.1 Å². The minimum atomic E-state index is 0.658. The quantitative estimate of drug-likeness (QED) is 0.854. The average Bonchev–Trinajstić information content (AvgIpc) is 2.62. The van der Waals surface area contributed by atoms with E-state index < -0.39 is 0 Å². The van der Waals surface area contributed by atoms with Gasteiger partial charge in [-0.15, -0.1) is 0 Å². The third-order valence-corrected chi connectivity index (χ3v) is 5.82. The molecule has 1 heterocycles. The van der Waals surface area contributed by atoms with Crippen molar-refractivity contribution in [2.24, 2.45) is 11.8 Å². The van der Waals surface area contributed by atoms with Gasteiger partial charge in [0, 0.05) is 18.6 Å². The van der Waals surface area contributed by atoms with Crippen LogP contribution in [0.25, 0.3) is 0 Å². The van der Waals surface area contributed by atoms with Gasteiger partial charge < -0.3 is 15.1 Å². The van der Waals surface area contributed by atoms with Gasteiger partial charge in [0.2, 0.25) is 0 Å². The molecule has 2 rings (SSSR count). The molecular formula is C17H35N3. The van der Waals surface area contributed by atoms with Crippen LogP contribution in [0.5, 0.6) is 0 Å². The molecule has 1 saturated heterocycles. The number of nitrogens with one attached hydrogen (secondary N) is 1. The van der Waals surface area contributed by atoms with E-state index in [0.29, 0.717) is 12.1 Å². The monoisotopic (exact) mass is 281 g/mol. The van der Waals surface area contributed by atoms with Gasteiger partial charge in [-0.25, -0.2) is 0 Å². The first-order chi connectivity index (χ1) is 9.67. The van der Waals surface area contributed by atoms with Gasteiger partial charge >= 0.3 is 0 Å². The molecule has 2 fully saturated rings. The van der Waals surface area contributed by atoms with Crippen molar-refractivity contribution in [3.05, 3.63) is 0 Å². The molecule has 1 N–H and O–H groups in total. The van der Waals surface area contributed by atoms with Crippen molar-refractivity contribution in [3.63, 3.8) is 0 Å². The van der Waals surface area contributed by atoms with Gasteiger partial charge in [0.05, 0.1) is 0 Å². The standard InChI is InChI=1S/C17H35N3/c1-5-14-9-6-7-10-15(14)17(18-2)16-13-19(3)11-8-12-20(16)4/h14-18H,5-13H2,1-4H3. The summed E-state index contributed by atoms with van der Waals surface area (Å²) >= 11 is 0. The van der Waals surface area contributed by atoms with E-state index in [4.69, 9.17) is 0 Å². The van der Waals surface area contributed by atoms with Crippen molar-refractivity contribution < 1.29 is 0 Å². The topological polar surface area (TPSA) is 18.5 Å². The average molecular weight is 281 g/mol. The van der Waals surface area contributed by atoms with E-state index in [0.717, 1.165) is 11.8 Å². The van der Waals surface area contributed by atoms with E-state index in [1.807, 2.05) is 0 Å². The molecule has 4 unspecified atom stereocenters. The fourth-order valence-corrected chi connectivity index (χ4v) is 4.60. The third kappa shape index (κ3) is 3.75. The van der Waals surface area contributed by atoms with Crippen LogP contribution >= 0.6 is 0 Å². The summed E-state index contributed by atoms with van der Waals surface area (Å²) in [6.45, 7) is 6.10. The Balaban J connectivity index is 2.11. The fourth-order valence-electron chi connectivity index (χ4n) is 4.60. The van der Waals surface area contributed by atoms with E-state index in [-0.39, 0.29) is 0 Å². The SMILES string of the molecule is CCC1CCCCC1C(NC)C1CN(C)CCCN1C. The van der Waals surface area contributed by atoms with Crippen LogP contribution in [-0.2, 0) is 0 Å². The molecule has 0 spiro atoms. The second-order valence-corrected chi connectivity index (χ2v) is 7.09. The molecular weight excluding hydrogens is 246 g/mol. The first kappa shape index (κ1) is 16.3. The molecule has 118 valence electrons. The van der Waals surface area contributed by atoms with Gasteiger partial charge in [0.15, 0.2) is 0 Å². The van der Waals surface area contributed by atoms with E-state index in [1.54, 1.807) is 0 Å². The van der Waals surface area contributed by atoms with E-state index >= 15 is 0 Å². The molecule has 4 atom stereocenters. The van der Waals surface area contributed by atoms with Gasteiger partial charge in [-0.3, -0.25) is 0 Å². The second kappa shape index (κ2) is 7.77. The van der Waals surface area contributed by atoms with Crippen LogP contribution in [0.15, 0.2) is 0 Å². The zero-order valence-corrected chi connectivity index (χ0v) is 14.1. The first-order valence-corrected chi connectivity index (χ1v) is 8.73. The molecule has 2 aliphatic rings. The molecule has 0 aromatic rings. The molecule has 1 aliphatic heterocycles. The number of hydrogen-bond donors (Lipinski definition) is 1. The number of likely N-dealkylation sites (N-methyl/N-ethyl adjacent to an activating group) is 3. The summed E-state index contributed by atoms with van der Waals surface area (Å²) in [6.07, 6.45) is 8.43. The Hall–Kier alpha value is -0.120. The van der Waals surface area contributed by atoms with Crippen LogP contribution in [-0.4, -0.2) is 62.7 Å². The molecule has 0 bridgehead atoms. The molecule has 0 aromatic heterocycles. The van der Waals surface area contributed by atoms with Gasteiger partial charge in [-0.2, -0.15) is 0 Å². The van der Waals surface area contributed by atoms with Gasteiger partial charge in [0.1, 0.15) is 0 Å². The predicted octanol–water partition coefficient (Wildman–Crippen LogP) is 2.43. The van der Waals surface area contributed by atoms with E-state index in [2.05, 4.69) is 43.2 Å². The maximum absolute atomic E-state index is 3.72. The summed E-state index contributed by atoms with van der Waals surface area (Å²) in [6, 6.07) is 1.33. The van der Waals surface area contributed by atoms with Crippen molar-refractivity contribution in [2.45, 2.75) is 57.5 Å². The first-order valence-electron chi connectivity index (χ1n) is 8.73. The van der Waals surface area contributed by atoms with Crippen molar-refractivity contribution >= 4 is 0 Å². The Labute approximate surface area is 126 Å². The van der Waals surface area contributed by atoms with Crippen LogP contribution < -0.4 is 5.32 Å². The largest absolute Gasteiger partial charge is 0.315 e. The summed E-state index contributed by atoms with van der Waals surface area (Å²) in [5.74, 6) is 1.81. The lowest BCUT2D eigenvalue weighted by Gasteiger charge is -2.43. The van der Waals surface area contributed by atoms with Crippen molar-refractivity contribution in [3.8, 4) is 0 Å². The zero-order chi connectivity index (χ0) is 14.5. The molecule has 3 nitrogen and oxygen atoms in total. The number of hydrogen-bond acceptors (Lipinski definition) is 3. The highest BCUT2D eigenvalue weighted by atomic mass is 15.2. The van der Waals surface area contributed by atoms with Crippen molar-refractivity contribution in [2.75, 3.05) is 40.8 Å². The molecule has 0 aromatic carbocycles. The van der Waals surface area contributed by atoms with Crippen LogP contribution in [0.3, 0.4) is 0 Å².